The fourth-order valence-electron chi connectivity index (χ4n) is 0.919. The summed E-state index contributed by atoms with van der Waals surface area (Å²) in [6, 6.07) is 0. The Morgan fingerprint density at radius 3 is 2.73 bits per heavy atom. The van der Waals surface area contributed by atoms with Crippen LogP contribution in [0.3, 0.4) is 0 Å². The lowest BCUT2D eigenvalue weighted by molar-refractivity contribution is -0.138. The average Bonchev–Trinajstić information content (AvgIpc) is 2.25. The highest BCUT2D eigenvalue weighted by Crippen LogP contribution is 1.92. The highest BCUT2D eigenvalue weighted by atomic mass is 16.4. The second-order valence-corrected chi connectivity index (χ2v) is 2.87. The molecule has 6 heteroatoms. The molecule has 80 valence electrons. The maximum absolute atomic E-state index is 11.1. The minimum absolute atomic E-state index is 0.0183. The van der Waals surface area contributed by atoms with Gasteiger partial charge in [-0.05, 0) is 0 Å². The average molecular weight is 209 g/mol. The van der Waals surface area contributed by atoms with Crippen molar-refractivity contribution in [3.05, 3.63) is 24.3 Å². The number of nitrogens with one attached hydrogen (secondary N) is 1. The van der Waals surface area contributed by atoms with Crippen molar-refractivity contribution < 1.29 is 14.7 Å². The minimum atomic E-state index is -0.982. The van der Waals surface area contributed by atoms with Crippen molar-refractivity contribution in [1.82, 2.24) is 15.3 Å². The molecule has 0 aliphatic heterocycles. The van der Waals surface area contributed by atoms with Crippen molar-refractivity contribution in [2.75, 3.05) is 0 Å². The first-order chi connectivity index (χ1) is 7.18. The Balaban J connectivity index is 2.26. The van der Waals surface area contributed by atoms with Gasteiger partial charge >= 0.3 is 5.97 Å². The summed E-state index contributed by atoms with van der Waals surface area (Å²) in [5.74, 6) is -1.28. The van der Waals surface area contributed by atoms with Crippen LogP contribution in [0, 0.1) is 0 Å². The fourth-order valence-corrected chi connectivity index (χ4v) is 0.919. The Morgan fingerprint density at radius 1 is 1.33 bits per heavy atom. The summed E-state index contributed by atoms with van der Waals surface area (Å²) < 4.78 is 0. The van der Waals surface area contributed by atoms with Crippen LogP contribution in [-0.4, -0.2) is 27.0 Å². The number of carboxylic acid groups (broad SMARTS) is 1. The number of rotatable bonds is 5. The summed E-state index contributed by atoms with van der Waals surface area (Å²) in [4.78, 5) is 29.1. The van der Waals surface area contributed by atoms with Crippen LogP contribution in [0.15, 0.2) is 18.6 Å². The van der Waals surface area contributed by atoms with E-state index in [-0.39, 0.29) is 25.3 Å². The smallest absolute Gasteiger partial charge is 0.303 e. The zero-order chi connectivity index (χ0) is 11.1. The summed E-state index contributed by atoms with van der Waals surface area (Å²) in [6.45, 7) is 0.270. The highest BCUT2D eigenvalue weighted by Gasteiger charge is 2.04. The van der Waals surface area contributed by atoms with Gasteiger partial charge in [-0.15, -0.1) is 0 Å². The first-order valence-electron chi connectivity index (χ1n) is 4.42. The van der Waals surface area contributed by atoms with E-state index in [1.165, 1.54) is 18.6 Å². The third kappa shape index (κ3) is 4.70. The van der Waals surface area contributed by atoms with Crippen LogP contribution in [0.5, 0.6) is 0 Å². The number of carboxylic acids is 1. The maximum atomic E-state index is 11.1. The lowest BCUT2D eigenvalue weighted by atomic mass is 10.3. The van der Waals surface area contributed by atoms with Gasteiger partial charge in [0.25, 0.3) is 0 Å². The molecule has 0 fully saturated rings. The van der Waals surface area contributed by atoms with E-state index in [2.05, 4.69) is 15.3 Å². The normalized spacial score (nSPS) is 9.60. The number of aliphatic carboxylic acids is 1. The number of carbonyl (C=O) groups excluding carboxylic acids is 1. The number of hydrogen-bond acceptors (Lipinski definition) is 4. The second kappa shape index (κ2) is 5.69. The SMILES string of the molecule is O=C(O)CCC(=O)NCc1cnccn1. The molecule has 0 atom stereocenters. The van der Waals surface area contributed by atoms with Gasteiger partial charge in [0.05, 0.1) is 24.9 Å². The Labute approximate surface area is 86.4 Å². The molecule has 1 aromatic rings. The molecule has 1 rings (SSSR count). The molecule has 2 N–H and O–H groups in total. The first-order valence-corrected chi connectivity index (χ1v) is 4.42. The molecule has 1 amide bonds. The third-order valence-electron chi connectivity index (χ3n) is 1.65. The summed E-state index contributed by atoms with van der Waals surface area (Å²) in [7, 11) is 0. The number of aromatic nitrogens is 2. The lowest BCUT2D eigenvalue weighted by Crippen LogP contribution is -2.23. The zero-order valence-electron chi connectivity index (χ0n) is 8.01. The van der Waals surface area contributed by atoms with Crippen molar-refractivity contribution in [2.24, 2.45) is 0 Å². The number of carbonyl (C=O) groups is 2. The molecule has 6 nitrogen and oxygen atoms in total. The van der Waals surface area contributed by atoms with Gasteiger partial charge in [0.15, 0.2) is 0 Å². The summed E-state index contributed by atoms with van der Waals surface area (Å²) in [5.41, 5.74) is 0.640. The van der Waals surface area contributed by atoms with Crippen LogP contribution in [0.2, 0.25) is 0 Å². The standard InChI is InChI=1S/C9H11N3O3/c13-8(1-2-9(14)15)12-6-7-5-10-3-4-11-7/h3-5H,1-2,6H2,(H,12,13)(H,14,15). The van der Waals surface area contributed by atoms with E-state index in [1.807, 2.05) is 0 Å². The van der Waals surface area contributed by atoms with Gasteiger partial charge in [0.1, 0.15) is 0 Å². The molecule has 0 saturated heterocycles. The molecule has 15 heavy (non-hydrogen) atoms. The van der Waals surface area contributed by atoms with Gasteiger partial charge in [-0.25, -0.2) is 0 Å². The van der Waals surface area contributed by atoms with Crippen molar-refractivity contribution in [3.63, 3.8) is 0 Å². The van der Waals surface area contributed by atoms with E-state index in [1.54, 1.807) is 0 Å². The van der Waals surface area contributed by atoms with Crippen LogP contribution in [0.4, 0.5) is 0 Å². The monoisotopic (exact) mass is 209 g/mol. The number of amides is 1. The molecule has 0 spiro atoms. The first kappa shape index (κ1) is 11.1. The molecule has 0 unspecified atom stereocenters. The molecule has 0 radical (unpaired) electrons. The van der Waals surface area contributed by atoms with E-state index >= 15 is 0 Å². The fraction of sp³-hybridized carbons (Fsp3) is 0.333. The van der Waals surface area contributed by atoms with E-state index in [9.17, 15) is 9.59 Å². The van der Waals surface area contributed by atoms with Crippen LogP contribution in [-0.2, 0) is 16.1 Å². The molecular weight excluding hydrogens is 198 g/mol. The quantitative estimate of drug-likeness (QED) is 0.709. The van der Waals surface area contributed by atoms with Crippen molar-refractivity contribution in [1.29, 1.82) is 0 Å². The van der Waals surface area contributed by atoms with E-state index < -0.39 is 5.97 Å². The highest BCUT2D eigenvalue weighted by molar-refractivity contribution is 5.80. The van der Waals surface area contributed by atoms with Crippen molar-refractivity contribution >= 4 is 11.9 Å². The Morgan fingerprint density at radius 2 is 2.13 bits per heavy atom. The largest absolute Gasteiger partial charge is 0.481 e. The second-order valence-electron chi connectivity index (χ2n) is 2.87. The molecule has 1 aromatic heterocycles. The molecule has 0 saturated carbocycles. The summed E-state index contributed by atoms with van der Waals surface area (Å²) in [6.07, 6.45) is 4.42. The Kier molecular flexibility index (Phi) is 4.21. The molecule has 0 aliphatic rings. The van der Waals surface area contributed by atoms with E-state index in [0.29, 0.717) is 5.69 Å². The van der Waals surface area contributed by atoms with Gasteiger partial charge < -0.3 is 10.4 Å². The van der Waals surface area contributed by atoms with Crippen LogP contribution >= 0.6 is 0 Å². The predicted molar refractivity (Wildman–Crippen MR) is 50.7 cm³/mol. The molecule has 0 bridgehead atoms. The minimum Gasteiger partial charge on any atom is -0.481 e. The van der Waals surface area contributed by atoms with Gasteiger partial charge in [-0.3, -0.25) is 19.6 Å². The molecular formula is C9H11N3O3. The Bertz CT molecular complexity index is 340. The number of nitrogens with zero attached hydrogens (tertiary/aromatic N) is 2. The molecule has 1 heterocycles. The van der Waals surface area contributed by atoms with Gasteiger partial charge in [0.2, 0.25) is 5.91 Å². The maximum Gasteiger partial charge on any atom is 0.303 e. The number of hydrogen-bond donors (Lipinski definition) is 2. The van der Waals surface area contributed by atoms with Crippen LogP contribution < -0.4 is 5.32 Å². The van der Waals surface area contributed by atoms with Gasteiger partial charge in [0, 0.05) is 18.8 Å². The topological polar surface area (TPSA) is 92.2 Å². The Hall–Kier alpha value is -1.98. The third-order valence-corrected chi connectivity index (χ3v) is 1.65. The molecule has 0 aromatic carbocycles. The van der Waals surface area contributed by atoms with Crippen molar-refractivity contribution in [3.8, 4) is 0 Å². The van der Waals surface area contributed by atoms with Gasteiger partial charge in [-0.2, -0.15) is 0 Å². The lowest BCUT2D eigenvalue weighted by Gasteiger charge is -2.02. The predicted octanol–water partition coefficient (Wildman–Crippen LogP) is -0.0424. The van der Waals surface area contributed by atoms with E-state index in [4.69, 9.17) is 5.11 Å². The summed E-state index contributed by atoms with van der Waals surface area (Å²) >= 11 is 0. The van der Waals surface area contributed by atoms with Gasteiger partial charge in [-0.1, -0.05) is 0 Å². The van der Waals surface area contributed by atoms with Crippen molar-refractivity contribution in [2.45, 2.75) is 19.4 Å². The van der Waals surface area contributed by atoms with E-state index in [0.717, 1.165) is 0 Å². The summed E-state index contributed by atoms with van der Waals surface area (Å²) in [5, 5.41) is 10.9. The van der Waals surface area contributed by atoms with Crippen LogP contribution in [0.25, 0.3) is 0 Å². The molecule has 0 aliphatic carbocycles. The van der Waals surface area contributed by atoms with Crippen LogP contribution in [0.1, 0.15) is 18.5 Å². The zero-order valence-corrected chi connectivity index (χ0v) is 8.01.